The molecule has 0 saturated heterocycles. The molecule has 2 aromatic heterocycles. The van der Waals surface area contributed by atoms with E-state index in [-0.39, 0.29) is 5.41 Å². The van der Waals surface area contributed by atoms with Gasteiger partial charge in [0.05, 0.1) is 0 Å². The van der Waals surface area contributed by atoms with E-state index in [0.29, 0.717) is 0 Å². The summed E-state index contributed by atoms with van der Waals surface area (Å²) in [4.78, 5) is 0. The summed E-state index contributed by atoms with van der Waals surface area (Å²) in [5, 5.41) is 0. The molecule has 0 aliphatic rings. The Morgan fingerprint density at radius 2 is 1.69 bits per heavy atom. The van der Waals surface area contributed by atoms with E-state index < -0.39 is 0 Å². The zero-order chi connectivity index (χ0) is 11.2. The van der Waals surface area contributed by atoms with Crippen molar-refractivity contribution in [2.24, 2.45) is 0 Å². The molecule has 0 unspecified atom stereocenters. The number of benzene rings is 2. The van der Waals surface area contributed by atoms with E-state index in [1.165, 1.54) is 11.1 Å². The van der Waals surface area contributed by atoms with Crippen LogP contribution in [0.2, 0.25) is 0 Å². The zero-order valence-corrected chi connectivity index (χ0v) is 9.53. The largest absolute Gasteiger partial charge is 0.457 e. The lowest BCUT2D eigenvalue weighted by molar-refractivity contribution is 0.625. The number of fused-ring (bicyclic) bond motifs is 2. The van der Waals surface area contributed by atoms with E-state index in [0.717, 1.165) is 11.2 Å². The Morgan fingerprint density at radius 3 is 2.25 bits per heavy atom. The SMILES string of the molecule is CC(C)(c1ccccc1)c1cc2ccc1o2. The highest BCUT2D eigenvalue weighted by Crippen LogP contribution is 2.37. The van der Waals surface area contributed by atoms with Crippen LogP contribution in [-0.2, 0) is 5.41 Å². The van der Waals surface area contributed by atoms with Gasteiger partial charge in [-0.3, -0.25) is 0 Å². The number of furan rings is 2. The third-order valence-corrected chi connectivity index (χ3v) is 3.35. The van der Waals surface area contributed by atoms with E-state index >= 15 is 0 Å². The van der Waals surface area contributed by atoms with E-state index in [4.69, 9.17) is 4.42 Å². The van der Waals surface area contributed by atoms with Crippen LogP contribution < -0.4 is 0 Å². The number of rotatable bonds is 2. The van der Waals surface area contributed by atoms with Gasteiger partial charge in [0.15, 0.2) is 0 Å². The second kappa shape index (κ2) is 3.11. The minimum Gasteiger partial charge on any atom is -0.457 e. The molecule has 0 atom stereocenters. The Bertz CT molecular complexity index is 589. The topological polar surface area (TPSA) is 13.1 Å². The maximum Gasteiger partial charge on any atom is 0.131 e. The first-order valence-electron chi connectivity index (χ1n) is 5.56. The first kappa shape index (κ1) is 9.46. The molecular weight excluding hydrogens is 196 g/mol. The lowest BCUT2D eigenvalue weighted by atomic mass is 9.78. The Balaban J connectivity index is 2.15. The third-order valence-electron chi connectivity index (χ3n) is 3.35. The molecule has 2 bridgehead atoms. The van der Waals surface area contributed by atoms with E-state index in [2.05, 4.69) is 50.2 Å². The fourth-order valence-electron chi connectivity index (χ4n) is 2.29. The van der Waals surface area contributed by atoms with Gasteiger partial charge in [-0.05, 0) is 23.8 Å². The van der Waals surface area contributed by atoms with Gasteiger partial charge in [0, 0.05) is 11.0 Å². The summed E-state index contributed by atoms with van der Waals surface area (Å²) in [6.07, 6.45) is 0. The minimum absolute atomic E-state index is 0.00308. The maximum atomic E-state index is 5.62. The van der Waals surface area contributed by atoms with Crippen molar-refractivity contribution in [3.8, 4) is 0 Å². The van der Waals surface area contributed by atoms with Crippen molar-refractivity contribution in [3.63, 3.8) is 0 Å². The van der Waals surface area contributed by atoms with E-state index in [1.807, 2.05) is 12.1 Å². The highest BCUT2D eigenvalue weighted by molar-refractivity contribution is 5.69. The summed E-state index contributed by atoms with van der Waals surface area (Å²) < 4.78 is 5.62. The molecule has 3 rings (SSSR count). The van der Waals surface area contributed by atoms with Gasteiger partial charge in [-0.2, -0.15) is 0 Å². The molecule has 0 N–H and O–H groups in total. The van der Waals surface area contributed by atoms with Crippen LogP contribution in [0.15, 0.2) is 52.9 Å². The van der Waals surface area contributed by atoms with Gasteiger partial charge in [0.2, 0.25) is 0 Å². The smallest absolute Gasteiger partial charge is 0.131 e. The van der Waals surface area contributed by atoms with E-state index in [9.17, 15) is 0 Å². The van der Waals surface area contributed by atoms with Gasteiger partial charge in [-0.1, -0.05) is 44.2 Å². The highest BCUT2D eigenvalue weighted by atomic mass is 16.3. The molecule has 0 aliphatic heterocycles. The van der Waals surface area contributed by atoms with Gasteiger partial charge in [0.25, 0.3) is 0 Å². The summed E-state index contributed by atoms with van der Waals surface area (Å²) in [5.74, 6) is 0. The lowest BCUT2D eigenvalue weighted by Gasteiger charge is -2.24. The molecule has 1 heteroatoms. The summed E-state index contributed by atoms with van der Waals surface area (Å²) in [5.41, 5.74) is 4.57. The van der Waals surface area contributed by atoms with Crippen molar-refractivity contribution >= 4 is 11.2 Å². The molecule has 0 amide bonds. The zero-order valence-electron chi connectivity index (χ0n) is 9.53. The Morgan fingerprint density at radius 1 is 0.938 bits per heavy atom. The van der Waals surface area contributed by atoms with Crippen LogP contribution in [-0.4, -0.2) is 0 Å². The van der Waals surface area contributed by atoms with Crippen molar-refractivity contribution < 1.29 is 4.42 Å². The molecule has 0 spiro atoms. The molecule has 1 aromatic carbocycles. The summed E-state index contributed by atoms with van der Waals surface area (Å²) in [6.45, 7) is 4.47. The van der Waals surface area contributed by atoms with Gasteiger partial charge in [0.1, 0.15) is 11.2 Å². The quantitative estimate of drug-likeness (QED) is 0.618. The van der Waals surface area contributed by atoms with Crippen LogP contribution in [0.3, 0.4) is 0 Å². The highest BCUT2D eigenvalue weighted by Gasteiger charge is 2.27. The van der Waals surface area contributed by atoms with Gasteiger partial charge < -0.3 is 4.42 Å². The monoisotopic (exact) mass is 210 g/mol. The molecule has 1 nitrogen and oxygen atoms in total. The number of hydrogen-bond donors (Lipinski definition) is 0. The fourth-order valence-corrected chi connectivity index (χ4v) is 2.29. The normalized spacial score (nSPS) is 12.4. The maximum absolute atomic E-state index is 5.62. The molecule has 0 radical (unpaired) electrons. The Hall–Kier alpha value is -1.76. The van der Waals surface area contributed by atoms with E-state index in [1.54, 1.807) is 0 Å². The molecule has 80 valence electrons. The third kappa shape index (κ3) is 1.25. The summed E-state index contributed by atoms with van der Waals surface area (Å²) >= 11 is 0. The predicted molar refractivity (Wildman–Crippen MR) is 66.0 cm³/mol. The Kier molecular flexibility index (Phi) is 1.84. The van der Waals surface area contributed by atoms with Crippen LogP contribution in [0.4, 0.5) is 0 Å². The molecule has 0 fully saturated rings. The van der Waals surface area contributed by atoms with Crippen LogP contribution in [0.5, 0.6) is 0 Å². The molecule has 0 saturated carbocycles. The van der Waals surface area contributed by atoms with Crippen molar-refractivity contribution in [2.75, 3.05) is 0 Å². The Labute approximate surface area is 95.0 Å². The number of hydrogen-bond acceptors (Lipinski definition) is 1. The lowest BCUT2D eigenvalue weighted by Crippen LogP contribution is -2.18. The average Bonchev–Trinajstić information content (AvgIpc) is 2.92. The van der Waals surface area contributed by atoms with Gasteiger partial charge >= 0.3 is 0 Å². The first-order chi connectivity index (χ1) is 7.68. The molecule has 16 heavy (non-hydrogen) atoms. The molecule has 3 aromatic rings. The van der Waals surface area contributed by atoms with Gasteiger partial charge in [-0.25, -0.2) is 0 Å². The predicted octanol–water partition coefficient (Wildman–Crippen LogP) is 4.20. The van der Waals surface area contributed by atoms with Gasteiger partial charge in [-0.15, -0.1) is 0 Å². The summed E-state index contributed by atoms with van der Waals surface area (Å²) in [6, 6.07) is 16.8. The van der Waals surface area contributed by atoms with Crippen LogP contribution in [0.25, 0.3) is 11.2 Å². The van der Waals surface area contributed by atoms with Crippen LogP contribution >= 0.6 is 0 Å². The molecular formula is C15H14O. The summed E-state index contributed by atoms with van der Waals surface area (Å²) in [7, 11) is 0. The van der Waals surface area contributed by atoms with Crippen LogP contribution in [0, 0.1) is 0 Å². The minimum atomic E-state index is 0.00308. The second-order valence-corrected chi connectivity index (χ2v) is 4.75. The average molecular weight is 210 g/mol. The fraction of sp³-hybridized carbons (Fsp3) is 0.200. The van der Waals surface area contributed by atoms with Crippen molar-refractivity contribution in [2.45, 2.75) is 19.3 Å². The molecule has 0 aliphatic carbocycles. The van der Waals surface area contributed by atoms with Crippen LogP contribution in [0.1, 0.15) is 25.0 Å². The van der Waals surface area contributed by atoms with Crippen molar-refractivity contribution in [1.82, 2.24) is 0 Å². The standard InChI is InChI=1S/C15H14O/c1-15(2,11-6-4-3-5-7-11)13-10-12-8-9-14(13)16-12/h3-10H,1-2H3. The second-order valence-electron chi connectivity index (χ2n) is 4.75. The van der Waals surface area contributed by atoms with Crippen molar-refractivity contribution in [3.05, 3.63) is 59.7 Å². The first-order valence-corrected chi connectivity index (χ1v) is 5.56. The molecule has 2 heterocycles. The van der Waals surface area contributed by atoms with Crippen molar-refractivity contribution in [1.29, 1.82) is 0 Å².